The molecule has 2 aromatic rings. The molecule has 8 nitrogen and oxygen atoms in total. The van der Waals surface area contributed by atoms with Crippen LogP contribution in [0.2, 0.25) is 0 Å². The van der Waals surface area contributed by atoms with Crippen LogP contribution in [0.25, 0.3) is 11.0 Å². The van der Waals surface area contributed by atoms with E-state index in [4.69, 9.17) is 15.9 Å². The van der Waals surface area contributed by atoms with Gasteiger partial charge >= 0.3 is 0 Å². The Hall–Kier alpha value is -2.32. The number of imidazole rings is 1. The molecule has 5 N–H and O–H groups in total. The lowest BCUT2D eigenvalue weighted by Gasteiger charge is -2.32. The van der Waals surface area contributed by atoms with Crippen LogP contribution in [0, 0.1) is 5.41 Å². The van der Waals surface area contributed by atoms with Crippen LogP contribution in [0.4, 0.5) is 5.95 Å². The first-order valence-electron chi connectivity index (χ1n) is 7.68. The average Bonchev–Trinajstić information content (AvgIpc) is 2.89. The van der Waals surface area contributed by atoms with Gasteiger partial charge in [0.05, 0.1) is 18.7 Å². The summed E-state index contributed by atoms with van der Waals surface area (Å²) in [4.78, 5) is 6.71. The van der Waals surface area contributed by atoms with Gasteiger partial charge in [-0.25, -0.2) is 4.98 Å². The van der Waals surface area contributed by atoms with E-state index in [1.54, 1.807) is 18.2 Å². The summed E-state index contributed by atoms with van der Waals surface area (Å²) in [6.45, 7) is 6.11. The maximum atomic E-state index is 10.3. The van der Waals surface area contributed by atoms with Gasteiger partial charge in [0.25, 0.3) is 0 Å². The number of nitrogens with one attached hydrogen (secondary N) is 2. The third kappa shape index (κ3) is 3.08. The molecule has 1 aliphatic rings. The van der Waals surface area contributed by atoms with Gasteiger partial charge in [-0.1, -0.05) is 6.07 Å². The highest BCUT2D eigenvalue weighted by Gasteiger charge is 2.19. The summed E-state index contributed by atoms with van der Waals surface area (Å²) in [7, 11) is 0. The van der Waals surface area contributed by atoms with Crippen LogP contribution in [0.3, 0.4) is 0 Å². The van der Waals surface area contributed by atoms with Gasteiger partial charge in [0.1, 0.15) is 11.4 Å². The number of hydrogen-bond acceptors (Lipinski definition) is 6. The van der Waals surface area contributed by atoms with Crippen molar-refractivity contribution in [1.82, 2.24) is 14.6 Å². The van der Waals surface area contributed by atoms with Gasteiger partial charge in [0.2, 0.25) is 5.95 Å². The largest absolute Gasteiger partial charge is 0.425 e. The van der Waals surface area contributed by atoms with Crippen LogP contribution >= 0.6 is 0 Å². The van der Waals surface area contributed by atoms with Crippen LogP contribution in [0.5, 0.6) is 0 Å². The molecule has 0 spiro atoms. The van der Waals surface area contributed by atoms with Gasteiger partial charge in [-0.3, -0.25) is 10.3 Å². The van der Waals surface area contributed by atoms with Crippen LogP contribution in [-0.4, -0.2) is 64.5 Å². The maximum Gasteiger partial charge on any atom is 0.237 e. The van der Waals surface area contributed by atoms with Gasteiger partial charge < -0.3 is 21.0 Å². The standard InChI is InChI=1S/C15H22N6O2/c1-10(20-5-7-23-8-6-20)9-18-15-19-12-4-2-3-11(14(16)17)13(12)21(15)22/h2-4,10,22H,5-9H2,1H3,(H3,16,17)(H,18,19). The second-order valence-electron chi connectivity index (χ2n) is 5.71. The fourth-order valence-electron chi connectivity index (χ4n) is 2.83. The summed E-state index contributed by atoms with van der Waals surface area (Å²) in [5.41, 5.74) is 7.08. The molecular weight excluding hydrogens is 296 g/mol. The molecule has 0 amide bonds. The molecule has 2 heterocycles. The molecule has 1 atom stereocenters. The number of benzene rings is 1. The van der Waals surface area contributed by atoms with E-state index in [0.29, 0.717) is 35.1 Å². The Morgan fingerprint density at radius 2 is 2.22 bits per heavy atom. The van der Waals surface area contributed by atoms with Crippen molar-refractivity contribution in [2.75, 3.05) is 38.2 Å². The molecule has 124 valence electrons. The zero-order chi connectivity index (χ0) is 16.4. The highest BCUT2D eigenvalue weighted by molar-refractivity contribution is 6.06. The van der Waals surface area contributed by atoms with Crippen LogP contribution in [0.15, 0.2) is 18.2 Å². The van der Waals surface area contributed by atoms with Crippen molar-refractivity contribution in [2.45, 2.75) is 13.0 Å². The Bertz CT molecular complexity index is 707. The first kappa shape index (κ1) is 15.6. The van der Waals surface area contributed by atoms with E-state index in [9.17, 15) is 5.21 Å². The SMILES string of the molecule is CC(CNc1nc2cccc(C(=N)N)c2n1O)N1CCOCC1. The van der Waals surface area contributed by atoms with Crippen molar-refractivity contribution in [3.8, 4) is 0 Å². The number of hydrogen-bond donors (Lipinski definition) is 4. The zero-order valence-corrected chi connectivity index (χ0v) is 13.1. The summed E-state index contributed by atoms with van der Waals surface area (Å²) >= 11 is 0. The van der Waals surface area contributed by atoms with Crippen molar-refractivity contribution in [3.05, 3.63) is 23.8 Å². The summed E-state index contributed by atoms with van der Waals surface area (Å²) < 4.78 is 6.33. The molecule has 1 aliphatic heterocycles. The van der Waals surface area contributed by atoms with E-state index in [-0.39, 0.29) is 5.84 Å². The van der Waals surface area contributed by atoms with E-state index >= 15 is 0 Å². The molecule has 0 radical (unpaired) electrons. The van der Waals surface area contributed by atoms with Crippen molar-refractivity contribution in [2.24, 2.45) is 5.73 Å². The lowest BCUT2D eigenvalue weighted by molar-refractivity contribution is 0.0226. The molecule has 1 unspecified atom stereocenters. The molecule has 1 aromatic carbocycles. The lowest BCUT2D eigenvalue weighted by Crippen LogP contribution is -2.45. The number of nitrogens with zero attached hydrogens (tertiary/aromatic N) is 3. The first-order valence-corrected chi connectivity index (χ1v) is 7.68. The molecule has 3 rings (SSSR count). The zero-order valence-electron chi connectivity index (χ0n) is 13.1. The molecule has 0 bridgehead atoms. The minimum Gasteiger partial charge on any atom is -0.425 e. The summed E-state index contributed by atoms with van der Waals surface area (Å²) in [5.74, 6) is 0.257. The Morgan fingerprint density at radius 1 is 1.48 bits per heavy atom. The number of para-hydroxylation sites is 1. The molecule has 1 fully saturated rings. The molecule has 0 aliphatic carbocycles. The monoisotopic (exact) mass is 318 g/mol. The van der Waals surface area contributed by atoms with Gasteiger partial charge in [0.15, 0.2) is 0 Å². The number of nitrogens with two attached hydrogens (primary N) is 1. The molecule has 1 aromatic heterocycles. The maximum absolute atomic E-state index is 10.3. The van der Waals surface area contributed by atoms with Gasteiger partial charge in [-0.2, -0.15) is 0 Å². The van der Waals surface area contributed by atoms with E-state index < -0.39 is 0 Å². The van der Waals surface area contributed by atoms with E-state index in [0.717, 1.165) is 31.0 Å². The third-order valence-electron chi connectivity index (χ3n) is 4.17. The number of aromatic nitrogens is 2. The topological polar surface area (TPSA) is 112 Å². The normalized spacial score (nSPS) is 17.3. The molecule has 8 heteroatoms. The van der Waals surface area contributed by atoms with Crippen molar-refractivity contribution in [1.29, 1.82) is 5.41 Å². The summed E-state index contributed by atoms with van der Waals surface area (Å²) in [6.07, 6.45) is 0. The van der Waals surface area contributed by atoms with Crippen molar-refractivity contribution in [3.63, 3.8) is 0 Å². The number of nitrogen functional groups attached to an aromatic ring is 1. The van der Waals surface area contributed by atoms with E-state index in [2.05, 4.69) is 22.1 Å². The van der Waals surface area contributed by atoms with Gasteiger partial charge in [0, 0.05) is 31.2 Å². The Kier molecular flexibility index (Phi) is 4.35. The second kappa shape index (κ2) is 6.43. The van der Waals surface area contributed by atoms with Crippen LogP contribution in [-0.2, 0) is 4.74 Å². The van der Waals surface area contributed by atoms with Crippen LogP contribution in [0.1, 0.15) is 12.5 Å². The van der Waals surface area contributed by atoms with Crippen LogP contribution < -0.4 is 11.1 Å². The summed E-state index contributed by atoms with van der Waals surface area (Å²) in [6, 6.07) is 5.54. The fourth-order valence-corrected chi connectivity index (χ4v) is 2.83. The fraction of sp³-hybridized carbons (Fsp3) is 0.467. The number of morpholine rings is 1. The van der Waals surface area contributed by atoms with E-state index in [1.165, 1.54) is 0 Å². The average molecular weight is 318 g/mol. The molecule has 1 saturated heterocycles. The Labute approximate surface area is 134 Å². The number of rotatable bonds is 5. The van der Waals surface area contributed by atoms with E-state index in [1.807, 2.05) is 0 Å². The molecule has 23 heavy (non-hydrogen) atoms. The highest BCUT2D eigenvalue weighted by Crippen LogP contribution is 2.21. The van der Waals surface area contributed by atoms with Gasteiger partial charge in [-0.15, -0.1) is 4.73 Å². The van der Waals surface area contributed by atoms with Gasteiger partial charge in [-0.05, 0) is 19.1 Å². The Balaban J connectivity index is 1.77. The Morgan fingerprint density at radius 3 is 2.91 bits per heavy atom. The number of amidine groups is 1. The predicted octanol–water partition coefficient (Wildman–Crippen LogP) is 0.690. The minimum atomic E-state index is -0.0981. The molecule has 0 saturated carbocycles. The van der Waals surface area contributed by atoms with Crippen molar-refractivity contribution >= 4 is 22.8 Å². The third-order valence-corrected chi connectivity index (χ3v) is 4.17. The molecular formula is C15H22N6O2. The summed E-state index contributed by atoms with van der Waals surface area (Å²) in [5, 5.41) is 21.1. The lowest BCUT2D eigenvalue weighted by atomic mass is 10.2. The second-order valence-corrected chi connectivity index (χ2v) is 5.71. The number of fused-ring (bicyclic) bond motifs is 1. The smallest absolute Gasteiger partial charge is 0.237 e. The number of anilines is 1. The quantitative estimate of drug-likeness (QED) is 0.366. The first-order chi connectivity index (χ1) is 11.1. The van der Waals surface area contributed by atoms with Crippen molar-refractivity contribution < 1.29 is 9.94 Å². The minimum absolute atomic E-state index is 0.0981. The highest BCUT2D eigenvalue weighted by atomic mass is 16.5. The number of ether oxygens (including phenoxy) is 1. The predicted molar refractivity (Wildman–Crippen MR) is 88.3 cm³/mol.